The van der Waals surface area contributed by atoms with Crippen molar-refractivity contribution in [2.45, 2.75) is 51.7 Å². The highest BCUT2D eigenvalue weighted by Crippen LogP contribution is 2.28. The summed E-state index contributed by atoms with van der Waals surface area (Å²) in [6.45, 7) is 4.06. The third kappa shape index (κ3) is 3.61. The summed E-state index contributed by atoms with van der Waals surface area (Å²) in [5.41, 5.74) is 2.42. The summed E-state index contributed by atoms with van der Waals surface area (Å²) in [4.78, 5) is 0. The molecule has 2 nitrogen and oxygen atoms in total. The molecule has 0 aromatic heterocycles. The van der Waals surface area contributed by atoms with E-state index in [2.05, 4.69) is 12.1 Å². The zero-order valence-corrected chi connectivity index (χ0v) is 11.2. The third-order valence-electron chi connectivity index (χ3n) is 3.17. The monoisotopic (exact) mass is 246 g/mol. The first-order valence-electron chi connectivity index (χ1n) is 6.81. The van der Waals surface area contributed by atoms with Gasteiger partial charge < -0.3 is 9.84 Å². The standard InChI is InChI=1S/C16H22O2/c1-12(2)18-16-9-5-7-14(11-16)13-6-3-4-8-15(17)10-13/h5,7,9-12,15,17H,3-4,6,8H2,1-2H3. The average Bonchev–Trinajstić information content (AvgIpc) is 2.53. The molecular formula is C16H22O2. The van der Waals surface area contributed by atoms with Crippen LogP contribution in [0, 0.1) is 0 Å². The highest BCUT2D eigenvalue weighted by molar-refractivity contribution is 5.67. The summed E-state index contributed by atoms with van der Waals surface area (Å²) in [6, 6.07) is 8.17. The number of benzene rings is 1. The van der Waals surface area contributed by atoms with Crippen molar-refractivity contribution in [2.75, 3.05) is 0 Å². The first kappa shape index (κ1) is 13.2. The number of aliphatic hydroxyl groups is 1. The summed E-state index contributed by atoms with van der Waals surface area (Å²) < 4.78 is 5.71. The van der Waals surface area contributed by atoms with E-state index < -0.39 is 0 Å². The lowest BCUT2D eigenvalue weighted by Crippen LogP contribution is -2.05. The van der Waals surface area contributed by atoms with Crippen LogP contribution in [0.3, 0.4) is 0 Å². The van der Waals surface area contributed by atoms with Crippen molar-refractivity contribution in [1.29, 1.82) is 0 Å². The number of ether oxygens (including phenoxy) is 1. The van der Waals surface area contributed by atoms with Gasteiger partial charge in [-0.05, 0) is 56.4 Å². The number of rotatable bonds is 3. The Hall–Kier alpha value is -1.28. The van der Waals surface area contributed by atoms with Crippen LogP contribution in [0.15, 0.2) is 30.3 Å². The molecule has 0 spiro atoms. The molecule has 0 heterocycles. The number of hydrogen-bond acceptors (Lipinski definition) is 2. The molecule has 1 aliphatic rings. The van der Waals surface area contributed by atoms with Crippen LogP contribution in [0.5, 0.6) is 5.75 Å². The van der Waals surface area contributed by atoms with E-state index >= 15 is 0 Å². The predicted octanol–water partition coefficient (Wildman–Crippen LogP) is 3.79. The minimum atomic E-state index is -0.294. The Kier molecular flexibility index (Phi) is 4.43. The van der Waals surface area contributed by atoms with Gasteiger partial charge in [0.25, 0.3) is 0 Å². The zero-order chi connectivity index (χ0) is 13.0. The van der Waals surface area contributed by atoms with Crippen molar-refractivity contribution in [1.82, 2.24) is 0 Å². The van der Waals surface area contributed by atoms with Crippen LogP contribution in [-0.2, 0) is 0 Å². The lowest BCUT2D eigenvalue weighted by Gasteiger charge is -2.12. The van der Waals surface area contributed by atoms with Crippen LogP contribution in [0.4, 0.5) is 0 Å². The fourth-order valence-corrected chi connectivity index (χ4v) is 2.35. The predicted molar refractivity (Wildman–Crippen MR) is 74.7 cm³/mol. The fraction of sp³-hybridized carbons (Fsp3) is 0.500. The highest BCUT2D eigenvalue weighted by Gasteiger charge is 2.11. The van der Waals surface area contributed by atoms with Crippen LogP contribution in [0.2, 0.25) is 0 Å². The van der Waals surface area contributed by atoms with Crippen LogP contribution in [-0.4, -0.2) is 17.3 Å². The molecular weight excluding hydrogens is 224 g/mol. The minimum absolute atomic E-state index is 0.189. The van der Waals surface area contributed by atoms with Gasteiger partial charge in [-0.15, -0.1) is 0 Å². The molecule has 0 saturated heterocycles. The molecule has 0 aliphatic heterocycles. The smallest absolute Gasteiger partial charge is 0.120 e. The van der Waals surface area contributed by atoms with E-state index in [1.165, 1.54) is 11.1 Å². The SMILES string of the molecule is CC(C)Oc1cccc(C2=CC(O)CCCC2)c1. The van der Waals surface area contributed by atoms with Crippen LogP contribution < -0.4 is 4.74 Å². The summed E-state index contributed by atoms with van der Waals surface area (Å²) in [5.74, 6) is 0.905. The van der Waals surface area contributed by atoms with Crippen molar-refractivity contribution in [3.8, 4) is 5.75 Å². The molecule has 1 aliphatic carbocycles. The maximum atomic E-state index is 9.83. The normalized spacial score (nSPS) is 20.4. The lowest BCUT2D eigenvalue weighted by molar-refractivity contribution is 0.211. The molecule has 1 atom stereocenters. The third-order valence-corrected chi connectivity index (χ3v) is 3.17. The van der Waals surface area contributed by atoms with Gasteiger partial charge >= 0.3 is 0 Å². The lowest BCUT2D eigenvalue weighted by atomic mass is 10.0. The molecule has 2 rings (SSSR count). The van der Waals surface area contributed by atoms with E-state index in [1.54, 1.807) is 0 Å². The first-order valence-corrected chi connectivity index (χ1v) is 6.81. The van der Waals surface area contributed by atoms with Gasteiger partial charge in [0.15, 0.2) is 0 Å². The van der Waals surface area contributed by atoms with Gasteiger partial charge in [0.05, 0.1) is 12.2 Å². The van der Waals surface area contributed by atoms with Crippen molar-refractivity contribution in [3.63, 3.8) is 0 Å². The number of allylic oxidation sites excluding steroid dienone is 1. The Bertz CT molecular complexity index is 421. The summed E-state index contributed by atoms with van der Waals surface area (Å²) in [5, 5.41) is 9.83. The molecule has 0 bridgehead atoms. The largest absolute Gasteiger partial charge is 0.491 e. The second-order valence-electron chi connectivity index (χ2n) is 5.20. The molecule has 18 heavy (non-hydrogen) atoms. The molecule has 1 aromatic rings. The molecule has 1 aromatic carbocycles. The van der Waals surface area contributed by atoms with Gasteiger partial charge in [-0.2, -0.15) is 0 Å². The fourth-order valence-electron chi connectivity index (χ4n) is 2.35. The van der Waals surface area contributed by atoms with Gasteiger partial charge in [0.2, 0.25) is 0 Å². The highest BCUT2D eigenvalue weighted by atomic mass is 16.5. The molecule has 0 radical (unpaired) electrons. The molecule has 0 saturated carbocycles. The topological polar surface area (TPSA) is 29.5 Å². The molecule has 1 unspecified atom stereocenters. The number of aliphatic hydroxyl groups excluding tert-OH is 1. The second kappa shape index (κ2) is 6.05. The molecule has 0 fully saturated rings. The Morgan fingerprint density at radius 3 is 2.89 bits per heavy atom. The second-order valence-corrected chi connectivity index (χ2v) is 5.20. The Morgan fingerprint density at radius 2 is 2.11 bits per heavy atom. The maximum absolute atomic E-state index is 9.83. The maximum Gasteiger partial charge on any atom is 0.120 e. The van der Waals surface area contributed by atoms with Gasteiger partial charge in [-0.3, -0.25) is 0 Å². The van der Waals surface area contributed by atoms with E-state index in [4.69, 9.17) is 4.74 Å². The zero-order valence-electron chi connectivity index (χ0n) is 11.2. The molecule has 2 heteroatoms. The van der Waals surface area contributed by atoms with E-state index in [-0.39, 0.29) is 12.2 Å². The molecule has 1 N–H and O–H groups in total. The minimum Gasteiger partial charge on any atom is -0.491 e. The van der Waals surface area contributed by atoms with Crippen LogP contribution >= 0.6 is 0 Å². The van der Waals surface area contributed by atoms with Crippen molar-refractivity contribution in [2.24, 2.45) is 0 Å². The van der Waals surface area contributed by atoms with E-state index in [1.807, 2.05) is 32.1 Å². The molecule has 0 amide bonds. The Morgan fingerprint density at radius 1 is 1.28 bits per heavy atom. The Labute approximate surface area is 109 Å². The van der Waals surface area contributed by atoms with E-state index in [0.717, 1.165) is 31.4 Å². The van der Waals surface area contributed by atoms with E-state index in [0.29, 0.717) is 0 Å². The van der Waals surface area contributed by atoms with Crippen molar-refractivity contribution in [3.05, 3.63) is 35.9 Å². The first-order chi connectivity index (χ1) is 8.65. The van der Waals surface area contributed by atoms with Gasteiger partial charge in [-0.1, -0.05) is 24.6 Å². The Balaban J connectivity index is 2.21. The summed E-state index contributed by atoms with van der Waals surface area (Å²) in [7, 11) is 0. The van der Waals surface area contributed by atoms with Gasteiger partial charge in [-0.25, -0.2) is 0 Å². The number of hydrogen-bond donors (Lipinski definition) is 1. The quantitative estimate of drug-likeness (QED) is 0.879. The van der Waals surface area contributed by atoms with Crippen molar-refractivity contribution >= 4 is 5.57 Å². The summed E-state index contributed by atoms with van der Waals surface area (Å²) >= 11 is 0. The molecule has 98 valence electrons. The van der Waals surface area contributed by atoms with E-state index in [9.17, 15) is 5.11 Å². The van der Waals surface area contributed by atoms with Gasteiger partial charge in [0.1, 0.15) is 5.75 Å². The van der Waals surface area contributed by atoms with Crippen LogP contribution in [0.1, 0.15) is 45.1 Å². The summed E-state index contributed by atoms with van der Waals surface area (Å²) in [6.07, 6.45) is 6.07. The average molecular weight is 246 g/mol. The van der Waals surface area contributed by atoms with Crippen LogP contribution in [0.25, 0.3) is 5.57 Å². The van der Waals surface area contributed by atoms with Gasteiger partial charge in [0, 0.05) is 0 Å². The van der Waals surface area contributed by atoms with Crippen molar-refractivity contribution < 1.29 is 9.84 Å².